The molecule has 1 aromatic carbocycles. The Morgan fingerprint density at radius 3 is 2.20 bits per heavy atom. The lowest BCUT2D eigenvalue weighted by Gasteiger charge is -2.49. The van der Waals surface area contributed by atoms with Gasteiger partial charge in [-0.3, -0.25) is 14.4 Å². The standard InChI is InChI=1S/C57H89ClN4O19/c1-14-42-57(10,71)49(66)31(4)45(60-72)29(2)26-55(8,70)50(81-54-47(65)41(61(11)12)23-30(3)76-54)32(5)48(33(6)53(69)78-42)80-44-27-56(9,73-13)51(34(7)77-44)79-43(63)17-19-74-21-22-75-20-18-59-39-24-36-40(25-38(39)58)62(35-15-16-35)28-37(46(36)64)52(67)68/h24-25,28-35,41-42,44,47-51,54,59,65-66,70-72H,14-23,26-27H2,1-13H3,(H,67,68)/b60-45-/t29-,30-,31+,32+,33-,34+,41+,42-,44?,47-,48+,49-,50-,51+,54?,55-,56-,57-/m1/s1. The van der Waals surface area contributed by atoms with Gasteiger partial charge in [0.15, 0.2) is 18.7 Å². The van der Waals surface area contributed by atoms with E-state index in [4.69, 9.17) is 54.2 Å². The lowest BCUT2D eigenvalue weighted by molar-refractivity contribution is -0.318. The van der Waals surface area contributed by atoms with Gasteiger partial charge in [0.25, 0.3) is 0 Å². The number of aromatic carboxylic acids is 1. The minimum absolute atomic E-state index is 0.0126. The van der Waals surface area contributed by atoms with Gasteiger partial charge in [-0.05, 0) is 99.9 Å². The van der Waals surface area contributed by atoms with Crippen LogP contribution in [0.5, 0.6) is 0 Å². The van der Waals surface area contributed by atoms with Crippen molar-refractivity contribution in [2.45, 2.75) is 204 Å². The van der Waals surface area contributed by atoms with E-state index in [9.17, 15) is 49.9 Å². The molecular formula is C57H89ClN4O19. The van der Waals surface area contributed by atoms with Crippen molar-refractivity contribution in [2.75, 3.05) is 59.5 Å². The van der Waals surface area contributed by atoms with E-state index < -0.39 is 119 Å². The quantitative estimate of drug-likeness (QED) is 0.0391. The molecule has 3 aliphatic heterocycles. The smallest absolute Gasteiger partial charge is 0.341 e. The molecule has 24 heteroatoms. The number of carboxylic acids is 1. The van der Waals surface area contributed by atoms with E-state index in [1.165, 1.54) is 27.2 Å². The fourth-order valence-electron chi connectivity index (χ4n) is 12.1. The number of halogens is 1. The Morgan fingerprint density at radius 1 is 0.926 bits per heavy atom. The first kappa shape index (κ1) is 66.1. The van der Waals surface area contributed by atoms with Crippen LogP contribution in [-0.2, 0) is 52.2 Å². The van der Waals surface area contributed by atoms with Crippen LogP contribution in [0, 0.1) is 23.7 Å². The van der Waals surface area contributed by atoms with Crippen molar-refractivity contribution in [3.63, 3.8) is 0 Å². The Bertz CT molecular complexity index is 2560. The van der Waals surface area contributed by atoms with Crippen LogP contribution in [-0.4, -0.2) is 202 Å². The second-order valence-corrected chi connectivity index (χ2v) is 24.0. The fourth-order valence-corrected chi connectivity index (χ4v) is 12.3. The van der Waals surface area contributed by atoms with E-state index in [1.54, 1.807) is 65.2 Å². The first-order chi connectivity index (χ1) is 38.0. The van der Waals surface area contributed by atoms with Gasteiger partial charge in [0.1, 0.15) is 29.0 Å². The van der Waals surface area contributed by atoms with Gasteiger partial charge in [-0.1, -0.05) is 44.5 Å². The number of esters is 2. The number of ether oxygens (including phenoxy) is 9. The molecule has 4 fully saturated rings. The molecule has 23 nitrogen and oxygen atoms in total. The maximum Gasteiger partial charge on any atom is 0.341 e. The van der Waals surface area contributed by atoms with E-state index in [-0.39, 0.29) is 87.0 Å². The number of anilines is 1. The predicted molar refractivity (Wildman–Crippen MR) is 298 cm³/mol. The Hall–Kier alpha value is -4.08. The van der Waals surface area contributed by atoms with Crippen LogP contribution >= 0.6 is 11.6 Å². The first-order valence-electron chi connectivity index (χ1n) is 28.3. The van der Waals surface area contributed by atoms with Gasteiger partial charge in [0.2, 0.25) is 5.43 Å². The van der Waals surface area contributed by atoms with Gasteiger partial charge in [0.05, 0.1) is 96.8 Å². The Morgan fingerprint density at radius 2 is 1.59 bits per heavy atom. The summed E-state index contributed by atoms with van der Waals surface area (Å²) in [6.07, 6.45) is -7.53. The molecule has 1 aromatic heterocycles. The number of likely N-dealkylation sites (N-methyl/N-ethyl adjacent to an activating group) is 1. The third-order valence-corrected chi connectivity index (χ3v) is 17.2. The van der Waals surface area contributed by atoms with Gasteiger partial charge in [-0.25, -0.2) is 4.79 Å². The fraction of sp³-hybridized carbons (Fsp3) is 0.772. The van der Waals surface area contributed by atoms with Crippen molar-refractivity contribution in [2.24, 2.45) is 28.8 Å². The highest BCUT2D eigenvalue weighted by molar-refractivity contribution is 6.34. The number of carbonyl (C=O) groups excluding carboxylic acids is 2. The highest BCUT2D eigenvalue weighted by Gasteiger charge is 2.54. The van der Waals surface area contributed by atoms with Crippen LogP contribution < -0.4 is 10.7 Å². The molecule has 6 rings (SSSR count). The first-order valence-corrected chi connectivity index (χ1v) is 28.7. The second-order valence-electron chi connectivity index (χ2n) is 23.6. The third kappa shape index (κ3) is 15.4. The summed E-state index contributed by atoms with van der Waals surface area (Å²) in [5.41, 5.74) is -4.89. The Balaban J connectivity index is 1.11. The third-order valence-electron chi connectivity index (χ3n) is 16.9. The maximum atomic E-state index is 14.5. The zero-order valence-electron chi connectivity index (χ0n) is 49.2. The lowest BCUT2D eigenvalue weighted by atomic mass is 9.73. The van der Waals surface area contributed by atoms with Crippen LogP contribution in [0.25, 0.3) is 10.9 Å². The SMILES string of the molecule is CC[C@H]1OC(=O)[C@H](C)[C@@H](OC2C[C@@](C)(OC)[C@@H](OC(=O)CCOCCOCCNc3cc4c(=O)c(C(=O)O)cn(C5CC5)c4cc3Cl)[C@H](C)O2)[C@H](C)[C@@H](OC2O[C@H](C)C[C@H](N(C)C)[C@H]2O)[C@](C)(O)C[C@@H](C)/C(=N/O)[C@H](C)[C@@H](O)[C@]1(C)O. The second kappa shape index (κ2) is 27.8. The van der Waals surface area contributed by atoms with Gasteiger partial charge in [0, 0.05) is 61.5 Å². The maximum absolute atomic E-state index is 14.5. The summed E-state index contributed by atoms with van der Waals surface area (Å²) >= 11 is 6.58. The minimum Gasteiger partial charge on any atom is -0.477 e. The van der Waals surface area contributed by atoms with Crippen molar-refractivity contribution in [1.29, 1.82) is 0 Å². The number of aromatic nitrogens is 1. The van der Waals surface area contributed by atoms with Gasteiger partial charge in [-0.15, -0.1) is 0 Å². The van der Waals surface area contributed by atoms with E-state index in [2.05, 4.69) is 10.5 Å². The van der Waals surface area contributed by atoms with Crippen LogP contribution in [0.2, 0.25) is 5.02 Å². The monoisotopic (exact) mass is 1170 g/mol. The summed E-state index contributed by atoms with van der Waals surface area (Å²) in [6, 6.07) is 2.97. The summed E-state index contributed by atoms with van der Waals surface area (Å²) in [5.74, 6) is -6.50. The molecule has 3 saturated heterocycles. The number of nitrogens with zero attached hydrogens (tertiary/aromatic N) is 3. The average Bonchev–Trinajstić information content (AvgIpc) is 4.27. The molecule has 1 aliphatic carbocycles. The molecule has 1 saturated carbocycles. The van der Waals surface area contributed by atoms with Crippen molar-refractivity contribution < 1.29 is 87.8 Å². The lowest BCUT2D eigenvalue weighted by Crippen LogP contribution is -2.61. The Labute approximate surface area is 479 Å². The zero-order valence-corrected chi connectivity index (χ0v) is 49.9. The minimum atomic E-state index is -2.04. The van der Waals surface area contributed by atoms with Crippen LogP contribution in [0.1, 0.15) is 131 Å². The molecule has 458 valence electrons. The summed E-state index contributed by atoms with van der Waals surface area (Å²) in [4.78, 5) is 54.7. The number of hydrogen-bond acceptors (Lipinski definition) is 21. The number of nitrogens with one attached hydrogen (secondary N) is 1. The number of hydrogen-bond donors (Lipinski definition) is 7. The normalized spacial score (nSPS) is 37.0. The highest BCUT2D eigenvalue weighted by Crippen LogP contribution is 2.43. The molecule has 0 radical (unpaired) electrons. The van der Waals surface area contributed by atoms with E-state index in [0.29, 0.717) is 29.2 Å². The number of methoxy groups -OCH3 is 1. The van der Waals surface area contributed by atoms with Crippen molar-refractivity contribution in [3.8, 4) is 0 Å². The number of cyclic esters (lactones) is 1. The predicted octanol–water partition coefficient (Wildman–Crippen LogP) is 5.13. The molecule has 0 bridgehead atoms. The van der Waals surface area contributed by atoms with E-state index in [1.807, 2.05) is 25.9 Å². The number of carboxylic acid groups (broad SMARTS) is 1. The van der Waals surface area contributed by atoms with E-state index in [0.717, 1.165) is 12.8 Å². The van der Waals surface area contributed by atoms with Crippen LogP contribution in [0.4, 0.5) is 5.69 Å². The molecule has 2 unspecified atom stereocenters. The molecule has 7 N–H and O–H groups in total. The topological polar surface area (TPSA) is 305 Å². The average molecular weight is 1170 g/mol. The molecule has 81 heavy (non-hydrogen) atoms. The molecule has 4 aliphatic rings. The van der Waals surface area contributed by atoms with Crippen molar-refractivity contribution in [3.05, 3.63) is 39.1 Å². The number of benzene rings is 1. The van der Waals surface area contributed by atoms with Gasteiger partial charge < -0.3 is 88.2 Å². The Kier molecular flexibility index (Phi) is 22.6. The van der Waals surface area contributed by atoms with E-state index >= 15 is 0 Å². The molecule has 0 amide bonds. The number of aliphatic hydroxyl groups excluding tert-OH is 2. The van der Waals surface area contributed by atoms with Gasteiger partial charge >= 0.3 is 17.9 Å². The number of carbonyl (C=O) groups is 3. The summed E-state index contributed by atoms with van der Waals surface area (Å²) in [7, 11) is 5.13. The molecule has 0 spiro atoms. The number of oxime groups is 1. The highest BCUT2D eigenvalue weighted by atomic mass is 35.5. The van der Waals surface area contributed by atoms with Crippen molar-refractivity contribution >= 4 is 51.8 Å². The number of rotatable bonds is 20. The summed E-state index contributed by atoms with van der Waals surface area (Å²) in [5, 5.41) is 75.5. The molecule has 18 atom stereocenters. The summed E-state index contributed by atoms with van der Waals surface area (Å²) in [6.45, 7) is 17.4. The van der Waals surface area contributed by atoms with Gasteiger partial charge in [-0.2, -0.15) is 0 Å². The zero-order chi connectivity index (χ0) is 60.1. The molecule has 4 heterocycles. The van der Waals surface area contributed by atoms with Crippen LogP contribution in [0.3, 0.4) is 0 Å². The molecule has 2 aromatic rings. The van der Waals surface area contributed by atoms with Crippen LogP contribution in [0.15, 0.2) is 28.3 Å². The number of fused-ring (bicyclic) bond motifs is 1. The molecular weight excluding hydrogens is 1080 g/mol. The number of pyridine rings is 1. The van der Waals surface area contributed by atoms with Crippen molar-refractivity contribution in [1.82, 2.24) is 9.47 Å². The largest absolute Gasteiger partial charge is 0.477 e. The number of aliphatic hydroxyl groups is 4. The summed E-state index contributed by atoms with van der Waals surface area (Å²) < 4.78 is 57.6.